The van der Waals surface area contributed by atoms with Crippen molar-refractivity contribution in [3.63, 3.8) is 0 Å². The van der Waals surface area contributed by atoms with Crippen LogP contribution in [0.25, 0.3) is 11.0 Å². The Morgan fingerprint density at radius 2 is 2.11 bits per heavy atom. The van der Waals surface area contributed by atoms with Crippen LogP contribution in [0.2, 0.25) is 0 Å². The molecule has 19 heavy (non-hydrogen) atoms. The zero-order valence-corrected chi connectivity index (χ0v) is 11.8. The predicted molar refractivity (Wildman–Crippen MR) is 77.1 cm³/mol. The molecular formula is C17H22O2. The van der Waals surface area contributed by atoms with Gasteiger partial charge in [0, 0.05) is 5.39 Å². The van der Waals surface area contributed by atoms with Crippen molar-refractivity contribution in [1.82, 2.24) is 0 Å². The van der Waals surface area contributed by atoms with E-state index in [1.165, 1.54) is 6.42 Å². The molecule has 0 amide bonds. The molecular weight excluding hydrogens is 236 g/mol. The van der Waals surface area contributed by atoms with E-state index in [-0.39, 0.29) is 0 Å². The molecule has 3 rings (SSSR count). The van der Waals surface area contributed by atoms with Gasteiger partial charge >= 0.3 is 0 Å². The number of aliphatic hydroxyl groups is 1. The minimum atomic E-state index is -0.768. The quantitative estimate of drug-likeness (QED) is 0.762. The first-order chi connectivity index (χ1) is 9.08. The first kappa shape index (κ1) is 12.7. The molecule has 1 aromatic heterocycles. The molecule has 1 aromatic carbocycles. The molecule has 2 nitrogen and oxygen atoms in total. The van der Waals surface area contributed by atoms with Crippen molar-refractivity contribution < 1.29 is 9.52 Å². The minimum Gasteiger partial charge on any atom is -0.458 e. The number of fused-ring (bicyclic) bond motifs is 1. The zero-order chi connectivity index (χ0) is 13.5. The van der Waals surface area contributed by atoms with Crippen LogP contribution in [-0.2, 0) is 5.60 Å². The molecule has 2 aromatic rings. The van der Waals surface area contributed by atoms with E-state index in [0.29, 0.717) is 5.92 Å². The van der Waals surface area contributed by atoms with Crippen LogP contribution < -0.4 is 0 Å². The fourth-order valence-electron chi connectivity index (χ4n) is 3.18. The number of para-hydroxylation sites is 1. The van der Waals surface area contributed by atoms with Gasteiger partial charge in [-0.2, -0.15) is 0 Å². The molecule has 1 N–H and O–H groups in total. The zero-order valence-electron chi connectivity index (χ0n) is 11.8. The second kappa shape index (κ2) is 4.68. The maximum Gasteiger partial charge on any atom is 0.137 e. The Morgan fingerprint density at radius 1 is 1.26 bits per heavy atom. The van der Waals surface area contributed by atoms with Gasteiger partial charge in [0.05, 0.1) is 0 Å². The number of hydrogen-bond donors (Lipinski definition) is 1. The Kier molecular flexibility index (Phi) is 3.14. The summed E-state index contributed by atoms with van der Waals surface area (Å²) in [7, 11) is 0. The number of hydrogen-bond acceptors (Lipinski definition) is 2. The monoisotopic (exact) mass is 258 g/mol. The van der Waals surface area contributed by atoms with Gasteiger partial charge in [-0.25, -0.2) is 0 Å². The summed E-state index contributed by atoms with van der Waals surface area (Å²) in [5.41, 5.74) is 1.29. The molecule has 0 saturated heterocycles. The summed E-state index contributed by atoms with van der Waals surface area (Å²) in [5.74, 6) is 1.46. The maximum atomic E-state index is 10.9. The van der Waals surface area contributed by atoms with Gasteiger partial charge in [0.2, 0.25) is 0 Å². The molecule has 2 atom stereocenters. The summed E-state index contributed by atoms with van der Waals surface area (Å²) in [6.45, 7) is 4.32. The lowest BCUT2D eigenvalue weighted by Gasteiger charge is -2.24. The highest BCUT2D eigenvalue weighted by Gasteiger charge is 2.34. The van der Waals surface area contributed by atoms with Crippen LogP contribution in [0.1, 0.15) is 50.4 Å². The highest BCUT2D eigenvalue weighted by atomic mass is 16.4. The van der Waals surface area contributed by atoms with E-state index < -0.39 is 5.60 Å². The first-order valence-corrected chi connectivity index (χ1v) is 7.30. The van der Waals surface area contributed by atoms with Gasteiger partial charge < -0.3 is 9.52 Å². The summed E-state index contributed by atoms with van der Waals surface area (Å²) in [5, 5.41) is 12.0. The lowest BCUT2D eigenvalue weighted by molar-refractivity contribution is 0.000329. The third-order valence-corrected chi connectivity index (χ3v) is 4.54. The fraction of sp³-hybridized carbons (Fsp3) is 0.529. The summed E-state index contributed by atoms with van der Waals surface area (Å²) in [6.07, 6.45) is 4.99. The highest BCUT2D eigenvalue weighted by Crippen LogP contribution is 2.40. The van der Waals surface area contributed by atoms with Crippen LogP contribution in [0.15, 0.2) is 28.7 Å². The molecule has 0 aliphatic heterocycles. The second-order valence-electron chi connectivity index (χ2n) is 6.17. The van der Waals surface area contributed by atoms with Crippen molar-refractivity contribution in [1.29, 1.82) is 0 Å². The molecule has 1 saturated carbocycles. The van der Waals surface area contributed by atoms with Crippen LogP contribution in [0.3, 0.4) is 0 Å². The number of benzene rings is 1. The largest absolute Gasteiger partial charge is 0.458 e. The summed E-state index contributed by atoms with van der Waals surface area (Å²) < 4.78 is 5.98. The lowest BCUT2D eigenvalue weighted by Crippen LogP contribution is -2.24. The molecule has 0 spiro atoms. The van der Waals surface area contributed by atoms with Crippen molar-refractivity contribution in [3.05, 3.63) is 35.6 Å². The van der Waals surface area contributed by atoms with E-state index in [1.54, 1.807) is 0 Å². The molecule has 1 heterocycles. The van der Waals surface area contributed by atoms with Crippen molar-refractivity contribution in [2.75, 3.05) is 0 Å². The van der Waals surface area contributed by atoms with Crippen LogP contribution in [0.4, 0.5) is 0 Å². The number of furan rings is 1. The Hall–Kier alpha value is -1.28. The average molecular weight is 258 g/mol. The lowest BCUT2D eigenvalue weighted by atomic mass is 9.91. The van der Waals surface area contributed by atoms with Crippen molar-refractivity contribution in [2.45, 2.75) is 51.6 Å². The Morgan fingerprint density at radius 3 is 2.89 bits per heavy atom. The molecule has 1 aliphatic rings. The number of rotatable bonds is 1. The standard InChI is InChI=1S/C17H22O2/c1-12-5-4-9-17(18,10-8-12)15-11-14-7-3-6-13(2)16(14)19-15/h3,6-7,11-12,18H,4-5,8-10H2,1-2H3. The Labute approximate surface area is 114 Å². The summed E-state index contributed by atoms with van der Waals surface area (Å²) in [4.78, 5) is 0. The van der Waals surface area contributed by atoms with Crippen molar-refractivity contribution >= 4 is 11.0 Å². The molecule has 0 bridgehead atoms. The van der Waals surface area contributed by atoms with Crippen molar-refractivity contribution in [2.24, 2.45) is 5.92 Å². The van der Waals surface area contributed by atoms with Gasteiger partial charge in [0.15, 0.2) is 0 Å². The smallest absolute Gasteiger partial charge is 0.137 e. The Balaban J connectivity index is 2.00. The second-order valence-corrected chi connectivity index (χ2v) is 6.17. The third-order valence-electron chi connectivity index (χ3n) is 4.54. The average Bonchev–Trinajstić information content (AvgIpc) is 2.75. The topological polar surface area (TPSA) is 33.4 Å². The highest BCUT2D eigenvalue weighted by molar-refractivity contribution is 5.81. The van der Waals surface area contributed by atoms with E-state index in [9.17, 15) is 5.11 Å². The first-order valence-electron chi connectivity index (χ1n) is 7.30. The van der Waals surface area contributed by atoms with Crippen LogP contribution in [0, 0.1) is 12.8 Å². The summed E-state index contributed by atoms with van der Waals surface area (Å²) in [6, 6.07) is 8.17. The van der Waals surface area contributed by atoms with Gasteiger partial charge in [0.25, 0.3) is 0 Å². The van der Waals surface area contributed by atoms with Crippen molar-refractivity contribution in [3.8, 4) is 0 Å². The molecule has 1 aliphatic carbocycles. The van der Waals surface area contributed by atoms with E-state index in [4.69, 9.17) is 4.42 Å². The predicted octanol–water partition coefficient (Wildman–Crippen LogP) is 4.53. The van der Waals surface area contributed by atoms with Gasteiger partial charge in [0.1, 0.15) is 16.9 Å². The maximum absolute atomic E-state index is 10.9. The normalized spacial score (nSPS) is 28.5. The van der Waals surface area contributed by atoms with Gasteiger partial charge in [-0.05, 0) is 50.2 Å². The van der Waals surface area contributed by atoms with Crippen LogP contribution in [-0.4, -0.2) is 5.11 Å². The van der Waals surface area contributed by atoms with Crippen LogP contribution in [0.5, 0.6) is 0 Å². The Bertz CT molecular complexity index is 584. The molecule has 2 heteroatoms. The van der Waals surface area contributed by atoms with E-state index in [2.05, 4.69) is 26.0 Å². The minimum absolute atomic E-state index is 0.708. The SMILES string of the molecule is Cc1cccc2cc(C3(O)CCCC(C)CC3)oc12. The third kappa shape index (κ3) is 2.30. The van der Waals surface area contributed by atoms with E-state index in [1.807, 2.05) is 12.1 Å². The molecule has 2 unspecified atom stereocenters. The summed E-state index contributed by atoms with van der Waals surface area (Å²) >= 11 is 0. The van der Waals surface area contributed by atoms with Gasteiger partial charge in [-0.3, -0.25) is 0 Å². The van der Waals surface area contributed by atoms with E-state index >= 15 is 0 Å². The molecule has 0 radical (unpaired) electrons. The molecule has 1 fully saturated rings. The fourth-order valence-corrected chi connectivity index (χ4v) is 3.18. The van der Waals surface area contributed by atoms with Crippen LogP contribution >= 0.6 is 0 Å². The molecule has 102 valence electrons. The number of aryl methyl sites for hydroxylation is 1. The van der Waals surface area contributed by atoms with E-state index in [0.717, 1.165) is 48.0 Å². The van der Waals surface area contributed by atoms with Gasteiger partial charge in [-0.1, -0.05) is 31.5 Å². The van der Waals surface area contributed by atoms with Gasteiger partial charge in [-0.15, -0.1) is 0 Å².